The summed E-state index contributed by atoms with van der Waals surface area (Å²) in [7, 11) is 0. The average Bonchev–Trinajstić information content (AvgIpc) is 3.12. The smallest absolute Gasteiger partial charge is 0.269 e. The first-order valence-corrected chi connectivity index (χ1v) is 10.9. The number of nitro groups is 1. The van der Waals surface area contributed by atoms with Gasteiger partial charge in [0, 0.05) is 40.6 Å². The molecule has 0 aliphatic carbocycles. The van der Waals surface area contributed by atoms with E-state index in [9.17, 15) is 14.9 Å². The molecule has 0 atom stereocenters. The lowest BCUT2D eigenvalue weighted by Crippen LogP contribution is -1.99. The highest BCUT2D eigenvalue weighted by atomic mass is 16.6. The predicted octanol–water partition coefficient (Wildman–Crippen LogP) is 7.24. The van der Waals surface area contributed by atoms with Gasteiger partial charge in [-0.2, -0.15) is 0 Å². The average molecular weight is 415 g/mol. The number of non-ortho nitro benzene ring substituents is 1. The molecule has 5 heteroatoms. The third kappa shape index (κ3) is 4.22. The minimum Gasteiger partial charge on any atom is -0.309 e. The van der Waals surface area contributed by atoms with E-state index in [2.05, 4.69) is 17.6 Å². The first kappa shape index (κ1) is 20.8. The van der Waals surface area contributed by atoms with Crippen molar-refractivity contribution in [1.29, 1.82) is 0 Å². The maximum absolute atomic E-state index is 12.8. The molecule has 0 radical (unpaired) electrons. The molecule has 158 valence electrons. The number of fused-ring (bicyclic) bond motifs is 3. The standard InChI is InChI=1S/C26H26N2O3/c1-2-3-4-5-6-11-26(29)19-12-17-25-23(18-19)22-9-7-8-10-24(22)27(25)20-13-15-21(16-14-20)28(30)31/h7-10,12-18H,2-6,11H2,1H3. The van der Waals surface area contributed by atoms with Crippen molar-refractivity contribution in [1.82, 2.24) is 4.57 Å². The van der Waals surface area contributed by atoms with Crippen LogP contribution in [0.3, 0.4) is 0 Å². The molecule has 4 aromatic rings. The van der Waals surface area contributed by atoms with Gasteiger partial charge in [0.1, 0.15) is 0 Å². The van der Waals surface area contributed by atoms with Gasteiger partial charge in [0.25, 0.3) is 5.69 Å². The van der Waals surface area contributed by atoms with Gasteiger partial charge >= 0.3 is 0 Å². The molecule has 0 amide bonds. The lowest BCUT2D eigenvalue weighted by Gasteiger charge is -2.08. The summed E-state index contributed by atoms with van der Waals surface area (Å²) >= 11 is 0. The SMILES string of the molecule is CCCCCCCC(=O)c1ccc2c(c1)c1ccccc1n2-c1ccc([N+](=O)[O-])cc1. The van der Waals surface area contributed by atoms with Crippen LogP contribution < -0.4 is 0 Å². The zero-order valence-electron chi connectivity index (χ0n) is 17.7. The van der Waals surface area contributed by atoms with Crippen molar-refractivity contribution in [3.63, 3.8) is 0 Å². The Bertz CT molecular complexity index is 1240. The van der Waals surface area contributed by atoms with Crippen molar-refractivity contribution in [3.8, 4) is 5.69 Å². The summed E-state index contributed by atoms with van der Waals surface area (Å²) in [6.07, 6.45) is 6.22. The fourth-order valence-corrected chi connectivity index (χ4v) is 4.18. The van der Waals surface area contributed by atoms with Crippen molar-refractivity contribution < 1.29 is 9.72 Å². The van der Waals surface area contributed by atoms with Crippen LogP contribution in [0.2, 0.25) is 0 Å². The van der Waals surface area contributed by atoms with Gasteiger partial charge in [0.05, 0.1) is 16.0 Å². The van der Waals surface area contributed by atoms with Crippen molar-refractivity contribution in [2.45, 2.75) is 45.4 Å². The molecule has 4 rings (SSSR count). The zero-order valence-corrected chi connectivity index (χ0v) is 17.7. The fourth-order valence-electron chi connectivity index (χ4n) is 4.18. The highest BCUT2D eigenvalue weighted by molar-refractivity contribution is 6.11. The van der Waals surface area contributed by atoms with E-state index in [0.717, 1.165) is 45.9 Å². The van der Waals surface area contributed by atoms with E-state index in [1.54, 1.807) is 12.1 Å². The van der Waals surface area contributed by atoms with E-state index in [1.807, 2.05) is 36.4 Å². The van der Waals surface area contributed by atoms with Crippen LogP contribution in [-0.2, 0) is 0 Å². The van der Waals surface area contributed by atoms with Crippen molar-refractivity contribution >= 4 is 33.3 Å². The van der Waals surface area contributed by atoms with Gasteiger partial charge in [-0.15, -0.1) is 0 Å². The Balaban J connectivity index is 1.71. The van der Waals surface area contributed by atoms with Gasteiger partial charge in [-0.3, -0.25) is 14.9 Å². The Morgan fingerprint density at radius 2 is 1.58 bits per heavy atom. The Morgan fingerprint density at radius 1 is 0.871 bits per heavy atom. The Hall–Kier alpha value is -3.47. The Kier molecular flexibility index (Phi) is 6.12. The number of ketones is 1. The highest BCUT2D eigenvalue weighted by Gasteiger charge is 2.15. The molecule has 0 fully saturated rings. The maximum atomic E-state index is 12.8. The first-order valence-electron chi connectivity index (χ1n) is 10.9. The number of nitro benzene ring substituents is 1. The molecule has 0 aliphatic heterocycles. The molecule has 31 heavy (non-hydrogen) atoms. The van der Waals surface area contributed by atoms with Crippen LogP contribution in [0.5, 0.6) is 0 Å². The number of Topliss-reactive ketones (excluding diaryl/α,β-unsaturated/α-hetero) is 1. The molecule has 0 unspecified atom stereocenters. The predicted molar refractivity (Wildman–Crippen MR) is 125 cm³/mol. The second-order valence-electron chi connectivity index (χ2n) is 7.95. The summed E-state index contributed by atoms with van der Waals surface area (Å²) in [5.41, 5.74) is 3.66. The fraction of sp³-hybridized carbons (Fsp3) is 0.269. The van der Waals surface area contributed by atoms with Crippen LogP contribution in [0, 0.1) is 10.1 Å². The van der Waals surface area contributed by atoms with E-state index in [0.29, 0.717) is 6.42 Å². The van der Waals surface area contributed by atoms with E-state index in [-0.39, 0.29) is 11.5 Å². The normalized spacial score (nSPS) is 11.3. The molecule has 1 heterocycles. The molecule has 3 aromatic carbocycles. The van der Waals surface area contributed by atoms with Gasteiger partial charge in [-0.05, 0) is 42.8 Å². The number of hydrogen-bond donors (Lipinski definition) is 0. The number of carbonyl (C=O) groups is 1. The minimum atomic E-state index is -0.393. The van der Waals surface area contributed by atoms with Crippen molar-refractivity contribution in [2.75, 3.05) is 0 Å². The number of hydrogen-bond acceptors (Lipinski definition) is 3. The maximum Gasteiger partial charge on any atom is 0.269 e. The van der Waals surface area contributed by atoms with Gasteiger partial charge in [0.15, 0.2) is 5.78 Å². The topological polar surface area (TPSA) is 65.1 Å². The quantitative estimate of drug-likeness (QED) is 0.125. The molecule has 0 bridgehead atoms. The second kappa shape index (κ2) is 9.13. The Labute approximate surface area is 181 Å². The molecular formula is C26H26N2O3. The molecule has 0 aliphatic rings. The number of benzene rings is 3. The summed E-state index contributed by atoms with van der Waals surface area (Å²) in [6, 6.07) is 20.5. The summed E-state index contributed by atoms with van der Waals surface area (Å²) in [5.74, 6) is 0.186. The van der Waals surface area contributed by atoms with Gasteiger partial charge in [0.2, 0.25) is 0 Å². The van der Waals surface area contributed by atoms with Crippen LogP contribution in [0.25, 0.3) is 27.5 Å². The van der Waals surface area contributed by atoms with E-state index in [4.69, 9.17) is 0 Å². The number of para-hydroxylation sites is 1. The summed E-state index contributed by atoms with van der Waals surface area (Å²) in [6.45, 7) is 2.19. The van der Waals surface area contributed by atoms with E-state index < -0.39 is 4.92 Å². The molecule has 1 aromatic heterocycles. The second-order valence-corrected chi connectivity index (χ2v) is 7.95. The van der Waals surface area contributed by atoms with Crippen LogP contribution >= 0.6 is 0 Å². The van der Waals surface area contributed by atoms with Crippen LogP contribution in [0.4, 0.5) is 5.69 Å². The monoisotopic (exact) mass is 414 g/mol. The van der Waals surface area contributed by atoms with Gasteiger partial charge in [-0.1, -0.05) is 50.8 Å². The zero-order chi connectivity index (χ0) is 21.8. The lowest BCUT2D eigenvalue weighted by molar-refractivity contribution is -0.384. The van der Waals surface area contributed by atoms with E-state index in [1.165, 1.54) is 31.4 Å². The molecule has 0 saturated heterocycles. The van der Waals surface area contributed by atoms with Gasteiger partial charge < -0.3 is 4.57 Å². The van der Waals surface area contributed by atoms with Crippen LogP contribution in [0.15, 0.2) is 66.7 Å². The molecular weight excluding hydrogens is 388 g/mol. The first-order chi connectivity index (χ1) is 15.1. The third-order valence-corrected chi connectivity index (χ3v) is 5.82. The molecule has 0 saturated carbocycles. The van der Waals surface area contributed by atoms with E-state index >= 15 is 0 Å². The largest absolute Gasteiger partial charge is 0.309 e. The van der Waals surface area contributed by atoms with Crippen molar-refractivity contribution in [3.05, 3.63) is 82.4 Å². The number of aromatic nitrogens is 1. The Morgan fingerprint density at radius 3 is 2.32 bits per heavy atom. The van der Waals surface area contributed by atoms with Crippen molar-refractivity contribution in [2.24, 2.45) is 0 Å². The van der Waals surface area contributed by atoms with Crippen LogP contribution in [0.1, 0.15) is 55.8 Å². The number of nitrogens with zero attached hydrogens (tertiary/aromatic N) is 2. The van der Waals surface area contributed by atoms with Crippen LogP contribution in [-0.4, -0.2) is 15.3 Å². The van der Waals surface area contributed by atoms with Gasteiger partial charge in [-0.25, -0.2) is 0 Å². The number of carbonyl (C=O) groups excluding carboxylic acids is 1. The molecule has 0 spiro atoms. The lowest BCUT2D eigenvalue weighted by atomic mass is 10.0. The summed E-state index contributed by atoms with van der Waals surface area (Å²) in [4.78, 5) is 23.4. The minimum absolute atomic E-state index is 0.0661. The summed E-state index contributed by atoms with van der Waals surface area (Å²) < 4.78 is 2.09. The highest BCUT2D eigenvalue weighted by Crippen LogP contribution is 2.33. The number of rotatable bonds is 9. The molecule has 5 nitrogen and oxygen atoms in total. The summed E-state index contributed by atoms with van der Waals surface area (Å²) in [5, 5.41) is 13.1. The third-order valence-electron chi connectivity index (χ3n) is 5.82. The number of unbranched alkanes of at least 4 members (excludes halogenated alkanes) is 4. The molecule has 0 N–H and O–H groups in total.